The molecule has 10 nitrogen and oxygen atoms in total. The van der Waals surface area contributed by atoms with E-state index < -0.39 is 17.9 Å². The maximum Gasteiger partial charge on any atom is 0.341 e. The van der Waals surface area contributed by atoms with E-state index in [1.54, 1.807) is 24.3 Å². The summed E-state index contributed by atoms with van der Waals surface area (Å²) in [5.41, 5.74) is 0.190. The van der Waals surface area contributed by atoms with Gasteiger partial charge in [0.05, 0.1) is 25.0 Å². The first-order valence-corrected chi connectivity index (χ1v) is 15.0. The van der Waals surface area contributed by atoms with Crippen LogP contribution in [0.25, 0.3) is 0 Å². The molecule has 0 bridgehead atoms. The summed E-state index contributed by atoms with van der Waals surface area (Å²) < 4.78 is 26.0. The molecule has 0 aliphatic heterocycles. The second-order valence-corrected chi connectivity index (χ2v) is 10.9. The van der Waals surface area contributed by atoms with Gasteiger partial charge in [0.15, 0.2) is 0 Å². The third-order valence-electron chi connectivity index (χ3n) is 8.12. The molecule has 0 unspecified atom stereocenters. The molecule has 0 N–H and O–H groups in total. The Kier molecular flexibility index (Phi) is 14.0. The van der Waals surface area contributed by atoms with Crippen molar-refractivity contribution in [1.29, 1.82) is 0 Å². The Morgan fingerprint density at radius 2 is 1.12 bits per heavy atom. The first-order chi connectivity index (χ1) is 20.8. The molecule has 234 valence electrons. The van der Waals surface area contributed by atoms with Gasteiger partial charge in [-0.15, -0.1) is 0 Å². The van der Waals surface area contributed by atoms with Crippen molar-refractivity contribution in [2.45, 2.75) is 64.2 Å². The summed E-state index contributed by atoms with van der Waals surface area (Å²) in [5.74, 6) is -1.36. The number of unbranched alkanes of at least 4 members (excludes halogenated alkanes) is 1. The fourth-order valence-corrected chi connectivity index (χ4v) is 5.71. The highest BCUT2D eigenvalue weighted by atomic mass is 16.6. The summed E-state index contributed by atoms with van der Waals surface area (Å²) in [6, 6.07) is 6.54. The van der Waals surface area contributed by atoms with Gasteiger partial charge in [-0.25, -0.2) is 14.4 Å². The number of benzene rings is 1. The quantitative estimate of drug-likeness (QED) is 0.0879. The topological polar surface area (TPSA) is 132 Å². The van der Waals surface area contributed by atoms with E-state index in [-0.39, 0.29) is 61.5 Å². The van der Waals surface area contributed by atoms with Crippen molar-refractivity contribution in [1.82, 2.24) is 0 Å². The van der Waals surface area contributed by atoms with Crippen molar-refractivity contribution in [2.75, 3.05) is 26.4 Å². The maximum atomic E-state index is 13.0. The fraction of sp³-hybridized carbons (Fsp3) is 0.545. The van der Waals surface area contributed by atoms with Gasteiger partial charge in [0.25, 0.3) is 0 Å². The SMILES string of the molecule is C=CC(=O)OCCCCOC(=O)c1ccccc1OC(=O)C1CCC(C2CCC(C(=O)OCCOC(=O)C=C)CC2)CC1. The first-order valence-electron chi connectivity index (χ1n) is 15.0. The molecule has 2 aliphatic carbocycles. The third-order valence-corrected chi connectivity index (χ3v) is 8.12. The molecule has 3 rings (SSSR count). The van der Waals surface area contributed by atoms with Crippen LogP contribution in [0.4, 0.5) is 0 Å². The Hall–Kier alpha value is -3.95. The van der Waals surface area contributed by atoms with Crippen molar-refractivity contribution in [3.63, 3.8) is 0 Å². The summed E-state index contributed by atoms with van der Waals surface area (Å²) in [7, 11) is 0. The van der Waals surface area contributed by atoms with Crippen LogP contribution in [-0.4, -0.2) is 56.3 Å². The molecule has 1 aromatic rings. The Balaban J connectivity index is 1.36. The molecule has 2 aliphatic rings. The molecule has 0 spiro atoms. The normalized spacial score (nSPS) is 21.5. The van der Waals surface area contributed by atoms with Gasteiger partial charge in [0, 0.05) is 12.2 Å². The molecule has 0 amide bonds. The summed E-state index contributed by atoms with van der Waals surface area (Å²) in [5, 5.41) is 0. The smallest absolute Gasteiger partial charge is 0.341 e. The van der Waals surface area contributed by atoms with E-state index in [2.05, 4.69) is 13.2 Å². The van der Waals surface area contributed by atoms with Gasteiger partial charge in [-0.2, -0.15) is 0 Å². The van der Waals surface area contributed by atoms with Crippen LogP contribution in [0.15, 0.2) is 49.6 Å². The van der Waals surface area contributed by atoms with Crippen molar-refractivity contribution >= 4 is 29.8 Å². The van der Waals surface area contributed by atoms with E-state index in [0.29, 0.717) is 24.7 Å². The highest BCUT2D eigenvalue weighted by Crippen LogP contribution is 2.42. The van der Waals surface area contributed by atoms with Crippen LogP contribution < -0.4 is 4.74 Å². The zero-order valence-corrected chi connectivity index (χ0v) is 24.7. The minimum absolute atomic E-state index is 0.0191. The van der Waals surface area contributed by atoms with Gasteiger partial charge in [-0.1, -0.05) is 25.3 Å². The van der Waals surface area contributed by atoms with Crippen LogP contribution in [0.2, 0.25) is 0 Å². The molecule has 0 heterocycles. The van der Waals surface area contributed by atoms with Crippen molar-refractivity contribution in [3.05, 3.63) is 55.1 Å². The van der Waals surface area contributed by atoms with E-state index in [1.165, 1.54) is 0 Å². The predicted octanol–water partition coefficient (Wildman–Crippen LogP) is 5.14. The standard InChI is InChI=1S/C33H42O10/c1-3-29(34)39-19-7-8-20-41-33(38)27-9-5-6-10-28(27)43-32(37)26-17-13-24(14-18-26)23-11-15-25(16-12-23)31(36)42-22-21-40-30(35)4-2/h3-6,9-10,23-26H,1-2,7-8,11-22H2. The summed E-state index contributed by atoms with van der Waals surface area (Å²) >= 11 is 0. The number of carbonyl (C=O) groups is 5. The largest absolute Gasteiger partial charge is 0.463 e. The van der Waals surface area contributed by atoms with Gasteiger partial charge in [-0.05, 0) is 88.2 Å². The molecular formula is C33H42O10. The van der Waals surface area contributed by atoms with Gasteiger partial charge < -0.3 is 23.7 Å². The number of carbonyl (C=O) groups excluding carboxylic acids is 5. The van der Waals surface area contributed by atoms with E-state index in [9.17, 15) is 24.0 Å². The number of hydrogen-bond donors (Lipinski definition) is 0. The number of rotatable bonds is 15. The molecule has 0 atom stereocenters. The van der Waals surface area contributed by atoms with E-state index in [0.717, 1.165) is 63.5 Å². The molecule has 2 fully saturated rings. The molecule has 1 aromatic carbocycles. The summed E-state index contributed by atoms with van der Waals surface area (Å²) in [6.45, 7) is 7.07. The monoisotopic (exact) mass is 598 g/mol. The van der Waals surface area contributed by atoms with Gasteiger partial charge >= 0.3 is 29.8 Å². The van der Waals surface area contributed by atoms with Gasteiger partial charge in [-0.3, -0.25) is 9.59 Å². The Morgan fingerprint density at radius 3 is 1.70 bits per heavy atom. The lowest BCUT2D eigenvalue weighted by Gasteiger charge is -2.36. The number of esters is 5. The average Bonchev–Trinajstić information content (AvgIpc) is 3.04. The fourth-order valence-electron chi connectivity index (χ4n) is 5.71. The number of ether oxygens (including phenoxy) is 5. The molecular weight excluding hydrogens is 556 g/mol. The lowest BCUT2D eigenvalue weighted by Crippen LogP contribution is -2.32. The maximum absolute atomic E-state index is 13.0. The molecule has 0 saturated heterocycles. The summed E-state index contributed by atoms with van der Waals surface area (Å²) in [6.07, 6.45) is 9.92. The second kappa shape index (κ2) is 17.9. The Labute approximate surface area is 252 Å². The van der Waals surface area contributed by atoms with Crippen LogP contribution >= 0.6 is 0 Å². The Morgan fingerprint density at radius 1 is 0.628 bits per heavy atom. The van der Waals surface area contributed by atoms with Gasteiger partial charge in [0.1, 0.15) is 24.5 Å². The van der Waals surface area contributed by atoms with E-state index in [1.807, 2.05) is 0 Å². The molecule has 0 aromatic heterocycles. The molecule has 2 saturated carbocycles. The highest BCUT2D eigenvalue weighted by molar-refractivity contribution is 5.93. The minimum atomic E-state index is -0.578. The van der Waals surface area contributed by atoms with E-state index in [4.69, 9.17) is 23.7 Å². The second-order valence-electron chi connectivity index (χ2n) is 10.9. The van der Waals surface area contributed by atoms with Crippen molar-refractivity contribution < 1.29 is 47.7 Å². The number of para-hydroxylation sites is 1. The lowest BCUT2D eigenvalue weighted by atomic mass is 9.69. The summed E-state index contributed by atoms with van der Waals surface area (Å²) in [4.78, 5) is 60.1. The van der Waals surface area contributed by atoms with Crippen LogP contribution in [0.5, 0.6) is 5.75 Å². The minimum Gasteiger partial charge on any atom is -0.463 e. The van der Waals surface area contributed by atoms with Crippen LogP contribution in [0, 0.1) is 23.7 Å². The van der Waals surface area contributed by atoms with Gasteiger partial charge in [0.2, 0.25) is 0 Å². The Bertz CT molecular complexity index is 1130. The molecule has 43 heavy (non-hydrogen) atoms. The first kappa shape index (κ1) is 33.6. The zero-order valence-electron chi connectivity index (χ0n) is 24.7. The van der Waals surface area contributed by atoms with Crippen LogP contribution in [0.1, 0.15) is 74.6 Å². The van der Waals surface area contributed by atoms with Crippen LogP contribution in [0.3, 0.4) is 0 Å². The highest BCUT2D eigenvalue weighted by Gasteiger charge is 2.35. The lowest BCUT2D eigenvalue weighted by molar-refractivity contribution is -0.154. The third kappa shape index (κ3) is 11.0. The van der Waals surface area contributed by atoms with Crippen molar-refractivity contribution in [2.24, 2.45) is 23.7 Å². The van der Waals surface area contributed by atoms with Crippen LogP contribution in [-0.2, 0) is 38.1 Å². The zero-order chi connectivity index (χ0) is 31.0. The molecule has 10 heteroatoms. The van der Waals surface area contributed by atoms with E-state index >= 15 is 0 Å². The molecule has 0 radical (unpaired) electrons. The number of hydrogen-bond acceptors (Lipinski definition) is 10. The average molecular weight is 599 g/mol. The predicted molar refractivity (Wildman–Crippen MR) is 156 cm³/mol. The van der Waals surface area contributed by atoms with Crippen molar-refractivity contribution in [3.8, 4) is 5.75 Å².